The lowest BCUT2D eigenvalue weighted by atomic mass is 9.96. The van der Waals surface area contributed by atoms with Gasteiger partial charge in [0.05, 0.1) is 0 Å². The summed E-state index contributed by atoms with van der Waals surface area (Å²) >= 11 is 0. The molecule has 70 valence electrons. The van der Waals surface area contributed by atoms with Gasteiger partial charge >= 0.3 is 0 Å². The predicted molar refractivity (Wildman–Crippen MR) is 48.2 cm³/mol. The Hall–Kier alpha value is -1.32. The zero-order valence-corrected chi connectivity index (χ0v) is 7.82. The number of amides is 1. The summed E-state index contributed by atoms with van der Waals surface area (Å²) in [6, 6.07) is 0. The molecule has 0 saturated carbocycles. The largest absolute Gasteiger partial charge is 0.359 e. The molecule has 4 heteroatoms. The number of carbonyl (C=O) groups excluding carboxylic acids is 1. The molecule has 0 fully saturated rings. The second kappa shape index (κ2) is 2.87. The molecule has 0 radical (unpaired) electrons. The van der Waals surface area contributed by atoms with Gasteiger partial charge in [0, 0.05) is 26.0 Å². The molecule has 1 N–H and O–H groups in total. The molecule has 2 heterocycles. The predicted octanol–water partition coefficient (Wildman–Crippen LogP) is 0.362. The second-order valence-electron chi connectivity index (χ2n) is 3.51. The summed E-state index contributed by atoms with van der Waals surface area (Å²) < 4.78 is 2.05. The van der Waals surface area contributed by atoms with Crippen LogP contribution < -0.4 is 5.32 Å². The van der Waals surface area contributed by atoms with Crippen molar-refractivity contribution in [3.05, 3.63) is 18.2 Å². The van der Waals surface area contributed by atoms with Crippen molar-refractivity contribution in [3.63, 3.8) is 0 Å². The number of hydrogen-bond acceptors (Lipinski definition) is 2. The van der Waals surface area contributed by atoms with Gasteiger partial charge in [0.2, 0.25) is 5.91 Å². The lowest BCUT2D eigenvalue weighted by molar-refractivity contribution is -0.122. The van der Waals surface area contributed by atoms with Crippen molar-refractivity contribution in [2.75, 3.05) is 7.05 Å². The Bertz CT molecular complexity index is 331. The number of fused-ring (bicyclic) bond motifs is 1. The minimum atomic E-state index is -0.0694. The molecule has 1 aromatic heterocycles. The first-order chi connectivity index (χ1) is 6.24. The SMILES string of the molecule is CNC(=O)C1c2nccn2CC1C. The molecule has 1 aliphatic heterocycles. The highest BCUT2D eigenvalue weighted by Gasteiger charge is 2.35. The molecule has 0 saturated heterocycles. The Morgan fingerprint density at radius 1 is 1.77 bits per heavy atom. The number of carbonyl (C=O) groups is 1. The third kappa shape index (κ3) is 1.13. The number of nitrogens with one attached hydrogen (secondary N) is 1. The lowest BCUT2D eigenvalue weighted by Crippen LogP contribution is -2.28. The van der Waals surface area contributed by atoms with E-state index in [9.17, 15) is 4.79 Å². The molecule has 13 heavy (non-hydrogen) atoms. The average Bonchev–Trinajstić information content (AvgIpc) is 2.62. The van der Waals surface area contributed by atoms with Gasteiger partial charge in [-0.2, -0.15) is 0 Å². The van der Waals surface area contributed by atoms with Gasteiger partial charge in [-0.3, -0.25) is 4.79 Å². The van der Waals surface area contributed by atoms with Gasteiger partial charge in [-0.15, -0.1) is 0 Å². The molecule has 2 unspecified atom stereocenters. The highest BCUT2D eigenvalue weighted by molar-refractivity contribution is 5.83. The van der Waals surface area contributed by atoms with Gasteiger partial charge in [0.25, 0.3) is 0 Å². The monoisotopic (exact) mass is 179 g/mol. The van der Waals surface area contributed by atoms with Crippen LogP contribution in [0.3, 0.4) is 0 Å². The number of likely N-dealkylation sites (N-methyl/N-ethyl adjacent to an activating group) is 1. The van der Waals surface area contributed by atoms with E-state index in [2.05, 4.69) is 17.2 Å². The molecule has 1 aliphatic rings. The van der Waals surface area contributed by atoms with Crippen LogP contribution in [0.2, 0.25) is 0 Å². The van der Waals surface area contributed by atoms with Crippen molar-refractivity contribution in [1.29, 1.82) is 0 Å². The number of hydrogen-bond donors (Lipinski definition) is 1. The Kier molecular flexibility index (Phi) is 1.83. The van der Waals surface area contributed by atoms with Gasteiger partial charge in [-0.1, -0.05) is 6.92 Å². The molecule has 1 amide bonds. The smallest absolute Gasteiger partial charge is 0.230 e. The first kappa shape index (κ1) is 8.29. The summed E-state index contributed by atoms with van der Waals surface area (Å²) in [5.41, 5.74) is 0. The number of aromatic nitrogens is 2. The first-order valence-electron chi connectivity index (χ1n) is 4.46. The minimum Gasteiger partial charge on any atom is -0.359 e. The van der Waals surface area contributed by atoms with Gasteiger partial charge in [0.1, 0.15) is 11.7 Å². The van der Waals surface area contributed by atoms with Crippen LogP contribution in [0.1, 0.15) is 18.7 Å². The fourth-order valence-corrected chi connectivity index (χ4v) is 1.96. The maximum absolute atomic E-state index is 11.5. The summed E-state index contributed by atoms with van der Waals surface area (Å²) in [6.45, 7) is 2.97. The molecular weight excluding hydrogens is 166 g/mol. The van der Waals surface area contributed by atoms with Crippen LogP contribution >= 0.6 is 0 Å². The van der Waals surface area contributed by atoms with Gasteiger partial charge in [-0.05, 0) is 5.92 Å². The van der Waals surface area contributed by atoms with Gasteiger partial charge in [0.15, 0.2) is 0 Å². The maximum atomic E-state index is 11.5. The third-order valence-electron chi connectivity index (χ3n) is 2.61. The van der Waals surface area contributed by atoms with Crippen molar-refractivity contribution in [2.24, 2.45) is 5.92 Å². The molecular formula is C9H13N3O. The second-order valence-corrected chi connectivity index (χ2v) is 3.51. The van der Waals surface area contributed by atoms with E-state index in [4.69, 9.17) is 0 Å². The zero-order chi connectivity index (χ0) is 9.42. The van der Waals surface area contributed by atoms with E-state index in [-0.39, 0.29) is 11.8 Å². The highest BCUT2D eigenvalue weighted by atomic mass is 16.1. The van der Waals surface area contributed by atoms with Crippen LogP contribution in [-0.4, -0.2) is 22.5 Å². The lowest BCUT2D eigenvalue weighted by Gasteiger charge is -2.11. The fourth-order valence-electron chi connectivity index (χ4n) is 1.96. The summed E-state index contributed by atoms with van der Waals surface area (Å²) in [4.78, 5) is 15.7. The van der Waals surface area contributed by atoms with Crippen LogP contribution in [0.25, 0.3) is 0 Å². The summed E-state index contributed by atoms with van der Waals surface area (Å²) in [6.07, 6.45) is 3.67. The van der Waals surface area contributed by atoms with Crippen molar-refractivity contribution >= 4 is 5.91 Å². The van der Waals surface area contributed by atoms with E-state index in [0.717, 1.165) is 12.4 Å². The number of nitrogens with zero attached hydrogens (tertiary/aromatic N) is 2. The Morgan fingerprint density at radius 2 is 2.54 bits per heavy atom. The normalized spacial score (nSPS) is 25.7. The molecule has 2 rings (SSSR count). The molecule has 4 nitrogen and oxygen atoms in total. The van der Waals surface area contributed by atoms with E-state index in [1.807, 2.05) is 10.8 Å². The van der Waals surface area contributed by atoms with Crippen LogP contribution in [0.5, 0.6) is 0 Å². The van der Waals surface area contributed by atoms with Gasteiger partial charge in [-0.25, -0.2) is 4.98 Å². The standard InChI is InChI=1S/C9H13N3O/c1-6-5-12-4-3-11-8(12)7(6)9(13)10-2/h3-4,6-7H,5H2,1-2H3,(H,10,13). The molecule has 2 atom stereocenters. The molecule has 0 spiro atoms. The van der Waals surface area contributed by atoms with Crippen LogP contribution in [0.15, 0.2) is 12.4 Å². The number of imidazole rings is 1. The number of rotatable bonds is 1. The topological polar surface area (TPSA) is 46.9 Å². The minimum absolute atomic E-state index is 0.0671. The Balaban J connectivity index is 2.34. The zero-order valence-electron chi connectivity index (χ0n) is 7.82. The summed E-state index contributed by atoms with van der Waals surface area (Å²) in [5, 5.41) is 2.68. The molecule has 1 aromatic rings. The van der Waals surface area contributed by atoms with Crippen LogP contribution in [0.4, 0.5) is 0 Å². The van der Waals surface area contributed by atoms with Crippen molar-refractivity contribution in [2.45, 2.75) is 19.4 Å². The van der Waals surface area contributed by atoms with E-state index in [1.165, 1.54) is 0 Å². The van der Waals surface area contributed by atoms with E-state index in [1.54, 1.807) is 13.2 Å². The van der Waals surface area contributed by atoms with E-state index < -0.39 is 0 Å². The molecule has 0 aromatic carbocycles. The van der Waals surface area contributed by atoms with Crippen LogP contribution in [-0.2, 0) is 11.3 Å². The van der Waals surface area contributed by atoms with Crippen molar-refractivity contribution in [3.8, 4) is 0 Å². The quantitative estimate of drug-likeness (QED) is 0.676. The first-order valence-corrected chi connectivity index (χ1v) is 4.46. The van der Waals surface area contributed by atoms with Crippen molar-refractivity contribution < 1.29 is 4.79 Å². The maximum Gasteiger partial charge on any atom is 0.230 e. The van der Waals surface area contributed by atoms with Gasteiger partial charge < -0.3 is 9.88 Å². The molecule has 0 aliphatic carbocycles. The molecule has 0 bridgehead atoms. The van der Waals surface area contributed by atoms with Crippen molar-refractivity contribution in [1.82, 2.24) is 14.9 Å². The Morgan fingerprint density at radius 3 is 3.23 bits per heavy atom. The average molecular weight is 179 g/mol. The highest BCUT2D eigenvalue weighted by Crippen LogP contribution is 2.31. The van der Waals surface area contributed by atoms with E-state index >= 15 is 0 Å². The van der Waals surface area contributed by atoms with Crippen LogP contribution in [0, 0.1) is 5.92 Å². The third-order valence-corrected chi connectivity index (χ3v) is 2.61. The Labute approximate surface area is 77.0 Å². The fraction of sp³-hybridized carbons (Fsp3) is 0.556. The van der Waals surface area contributed by atoms with E-state index in [0.29, 0.717) is 5.92 Å². The summed E-state index contributed by atoms with van der Waals surface area (Å²) in [5.74, 6) is 1.24. The summed E-state index contributed by atoms with van der Waals surface area (Å²) in [7, 11) is 1.67.